The third-order valence-corrected chi connectivity index (χ3v) is 1.18. The summed E-state index contributed by atoms with van der Waals surface area (Å²) in [7, 11) is 3.31. The van der Waals surface area contributed by atoms with Crippen molar-refractivity contribution < 1.29 is 9.47 Å². The summed E-state index contributed by atoms with van der Waals surface area (Å²) >= 11 is 0. The maximum atomic E-state index is 4.93. The van der Waals surface area contributed by atoms with Gasteiger partial charge >= 0.3 is 0 Å². The van der Waals surface area contributed by atoms with Crippen molar-refractivity contribution in [1.29, 1.82) is 0 Å². The molecule has 0 saturated carbocycles. The summed E-state index contributed by atoms with van der Waals surface area (Å²) in [5.41, 5.74) is 0. The monoisotopic (exact) mass is 261 g/mol. The Balaban J connectivity index is 0. The van der Waals surface area contributed by atoms with Crippen LogP contribution in [-0.2, 0) is 9.47 Å². The van der Waals surface area contributed by atoms with E-state index < -0.39 is 0 Å². The van der Waals surface area contributed by atoms with Crippen LogP contribution in [0.1, 0.15) is 13.8 Å². The molecule has 64 valence electrons. The highest BCUT2D eigenvalue weighted by molar-refractivity contribution is 14.0. The molecule has 0 fully saturated rings. The lowest BCUT2D eigenvalue weighted by Crippen LogP contribution is -2.36. The zero-order chi connectivity index (χ0) is 7.28. The van der Waals surface area contributed by atoms with Crippen LogP contribution in [0, 0.1) is 0 Å². The molecule has 4 heteroatoms. The average molecular weight is 261 g/mol. The Bertz CT molecular complexity index is 64.8. The minimum absolute atomic E-state index is 0. The molecule has 0 spiro atoms. The number of halogens is 1. The maximum Gasteiger partial charge on any atom is 0.106 e. The van der Waals surface area contributed by atoms with Crippen LogP contribution in [-0.4, -0.2) is 26.7 Å². The van der Waals surface area contributed by atoms with Gasteiger partial charge in [0.05, 0.1) is 0 Å². The lowest BCUT2D eigenvalue weighted by Gasteiger charge is -2.16. The summed E-state index contributed by atoms with van der Waals surface area (Å²) in [4.78, 5) is 0. The molecule has 2 atom stereocenters. The quantitative estimate of drug-likeness (QED) is 0.609. The number of nitrogens with one attached hydrogen (secondary N) is 1. The molecule has 2 unspecified atom stereocenters. The second kappa shape index (κ2) is 7.71. The van der Waals surface area contributed by atoms with Crippen molar-refractivity contribution in [3.05, 3.63) is 0 Å². The lowest BCUT2D eigenvalue weighted by molar-refractivity contribution is 0.00787. The summed E-state index contributed by atoms with van der Waals surface area (Å²) in [5.74, 6) is 0. The lowest BCUT2D eigenvalue weighted by atomic mass is 10.5. The molecule has 0 aromatic heterocycles. The topological polar surface area (TPSA) is 30.5 Å². The van der Waals surface area contributed by atoms with Gasteiger partial charge in [0.1, 0.15) is 12.5 Å². The van der Waals surface area contributed by atoms with E-state index in [-0.39, 0.29) is 36.4 Å². The molecule has 0 amide bonds. The highest BCUT2D eigenvalue weighted by Gasteiger charge is 2.01. The molecule has 0 rings (SSSR count). The Kier molecular flexibility index (Phi) is 10.2. The van der Waals surface area contributed by atoms with Crippen molar-refractivity contribution in [1.82, 2.24) is 5.32 Å². The van der Waals surface area contributed by atoms with Gasteiger partial charge in [0.2, 0.25) is 0 Å². The molecule has 0 aliphatic heterocycles. The number of ether oxygens (including phenoxy) is 2. The van der Waals surface area contributed by atoms with Crippen LogP contribution in [0.3, 0.4) is 0 Å². The predicted octanol–water partition coefficient (Wildman–Crippen LogP) is 1.18. The number of hydrogen-bond acceptors (Lipinski definition) is 3. The minimum atomic E-state index is 0. The van der Waals surface area contributed by atoms with Crippen molar-refractivity contribution >= 4 is 24.0 Å². The first-order valence-electron chi connectivity index (χ1n) is 3.02. The van der Waals surface area contributed by atoms with E-state index in [1.54, 1.807) is 14.2 Å². The Morgan fingerprint density at radius 3 is 1.50 bits per heavy atom. The van der Waals surface area contributed by atoms with Gasteiger partial charge in [-0.25, -0.2) is 0 Å². The molecule has 0 heterocycles. The SMILES string of the molecule is COC(C)NC(C)OC.I. The smallest absolute Gasteiger partial charge is 0.106 e. The number of methoxy groups -OCH3 is 2. The molecule has 0 aromatic carbocycles. The van der Waals surface area contributed by atoms with Crippen molar-refractivity contribution in [2.45, 2.75) is 26.3 Å². The van der Waals surface area contributed by atoms with Crippen LogP contribution in [0.25, 0.3) is 0 Å². The van der Waals surface area contributed by atoms with Crippen LogP contribution in [0.15, 0.2) is 0 Å². The second-order valence-corrected chi connectivity index (χ2v) is 1.92. The van der Waals surface area contributed by atoms with E-state index in [1.165, 1.54) is 0 Å². The summed E-state index contributed by atoms with van der Waals surface area (Å²) in [5, 5.41) is 3.03. The van der Waals surface area contributed by atoms with E-state index in [0.717, 1.165) is 0 Å². The number of rotatable bonds is 4. The largest absolute Gasteiger partial charge is 0.367 e. The minimum Gasteiger partial charge on any atom is -0.367 e. The molecule has 3 nitrogen and oxygen atoms in total. The summed E-state index contributed by atoms with van der Waals surface area (Å²) in [6.07, 6.45) is 0.111. The van der Waals surface area contributed by atoms with E-state index >= 15 is 0 Å². The van der Waals surface area contributed by atoms with Gasteiger partial charge in [0, 0.05) is 14.2 Å². The molecule has 10 heavy (non-hydrogen) atoms. The highest BCUT2D eigenvalue weighted by Crippen LogP contribution is 1.86. The molecule has 0 saturated heterocycles. The zero-order valence-corrected chi connectivity index (χ0v) is 9.21. The Labute approximate surface area is 79.5 Å². The van der Waals surface area contributed by atoms with Crippen molar-refractivity contribution in [2.75, 3.05) is 14.2 Å². The molecular formula is C6H16INO2. The van der Waals surface area contributed by atoms with Crippen molar-refractivity contribution in [3.63, 3.8) is 0 Å². The van der Waals surface area contributed by atoms with E-state index in [4.69, 9.17) is 9.47 Å². The molecule has 1 N–H and O–H groups in total. The number of hydrogen-bond donors (Lipinski definition) is 1. The normalized spacial score (nSPS) is 15.6. The van der Waals surface area contributed by atoms with Gasteiger partial charge in [0.15, 0.2) is 0 Å². The van der Waals surface area contributed by atoms with E-state index in [1.807, 2.05) is 13.8 Å². The molecule has 0 aliphatic rings. The van der Waals surface area contributed by atoms with Gasteiger partial charge in [-0.05, 0) is 13.8 Å². The van der Waals surface area contributed by atoms with Gasteiger partial charge in [-0.1, -0.05) is 0 Å². The van der Waals surface area contributed by atoms with Gasteiger partial charge < -0.3 is 9.47 Å². The first-order chi connectivity index (χ1) is 4.20. The van der Waals surface area contributed by atoms with Crippen LogP contribution < -0.4 is 5.32 Å². The molecule has 0 aliphatic carbocycles. The molecular weight excluding hydrogens is 245 g/mol. The third-order valence-electron chi connectivity index (χ3n) is 1.18. The fourth-order valence-corrected chi connectivity index (χ4v) is 0.467. The Morgan fingerprint density at radius 2 is 1.30 bits per heavy atom. The van der Waals surface area contributed by atoms with Gasteiger partial charge in [-0.2, -0.15) is 0 Å². The van der Waals surface area contributed by atoms with E-state index in [0.29, 0.717) is 0 Å². The molecule has 0 aromatic rings. The predicted molar refractivity (Wildman–Crippen MR) is 51.5 cm³/mol. The second-order valence-electron chi connectivity index (χ2n) is 1.92. The summed E-state index contributed by atoms with van der Waals surface area (Å²) < 4.78 is 9.86. The van der Waals surface area contributed by atoms with Crippen LogP contribution in [0.2, 0.25) is 0 Å². The van der Waals surface area contributed by atoms with E-state index in [9.17, 15) is 0 Å². The third kappa shape index (κ3) is 6.73. The maximum absolute atomic E-state index is 4.93. The van der Waals surface area contributed by atoms with Crippen molar-refractivity contribution in [2.24, 2.45) is 0 Å². The highest BCUT2D eigenvalue weighted by atomic mass is 127. The average Bonchev–Trinajstić information content (AvgIpc) is 1.87. The summed E-state index contributed by atoms with van der Waals surface area (Å²) in [6.45, 7) is 3.85. The molecule has 0 radical (unpaired) electrons. The molecule has 0 bridgehead atoms. The Morgan fingerprint density at radius 1 is 1.00 bits per heavy atom. The zero-order valence-electron chi connectivity index (χ0n) is 6.88. The van der Waals surface area contributed by atoms with Crippen molar-refractivity contribution in [3.8, 4) is 0 Å². The Hall–Kier alpha value is 0.610. The standard InChI is InChI=1S/C6H15NO2.HI/c1-5(8-3)7-6(2)9-4;/h5-7H,1-4H3;1H. The fourth-order valence-electron chi connectivity index (χ4n) is 0.467. The first-order valence-corrected chi connectivity index (χ1v) is 3.02. The van der Waals surface area contributed by atoms with Gasteiger partial charge in [-0.3, -0.25) is 5.32 Å². The van der Waals surface area contributed by atoms with Gasteiger partial charge in [-0.15, -0.1) is 24.0 Å². The van der Waals surface area contributed by atoms with E-state index in [2.05, 4.69) is 5.32 Å². The van der Waals surface area contributed by atoms with Crippen LogP contribution in [0.4, 0.5) is 0 Å². The van der Waals surface area contributed by atoms with Gasteiger partial charge in [0.25, 0.3) is 0 Å². The first kappa shape index (κ1) is 13.2. The summed E-state index contributed by atoms with van der Waals surface area (Å²) in [6, 6.07) is 0. The van der Waals surface area contributed by atoms with Crippen LogP contribution in [0.5, 0.6) is 0 Å². The fraction of sp³-hybridized carbons (Fsp3) is 1.00. The van der Waals surface area contributed by atoms with Crippen LogP contribution >= 0.6 is 24.0 Å².